The number of rotatable bonds is 3. The maximum Gasteiger partial charge on any atom is 0.336 e. The van der Waals surface area contributed by atoms with E-state index in [1.54, 1.807) is 6.07 Å². The summed E-state index contributed by atoms with van der Waals surface area (Å²) < 4.78 is 5.35. The smallest absolute Gasteiger partial charge is 0.336 e. The van der Waals surface area contributed by atoms with Crippen molar-refractivity contribution < 1.29 is 4.42 Å². The minimum absolute atomic E-state index is 0.302. The highest BCUT2D eigenvalue weighted by molar-refractivity contribution is 5.83. The van der Waals surface area contributed by atoms with Gasteiger partial charge in [-0.3, -0.25) is 0 Å². The normalized spacial score (nSPS) is 10.8. The van der Waals surface area contributed by atoms with Crippen molar-refractivity contribution in [1.29, 1.82) is 0 Å². The van der Waals surface area contributed by atoms with E-state index >= 15 is 0 Å². The van der Waals surface area contributed by atoms with Crippen LogP contribution in [0.15, 0.2) is 63.8 Å². The first-order valence-corrected chi connectivity index (χ1v) is 6.91. The summed E-state index contributed by atoms with van der Waals surface area (Å²) in [7, 11) is 3.93. The van der Waals surface area contributed by atoms with Crippen molar-refractivity contribution in [2.75, 3.05) is 19.0 Å². The van der Waals surface area contributed by atoms with Crippen LogP contribution in [0.4, 0.5) is 5.69 Å². The summed E-state index contributed by atoms with van der Waals surface area (Å²) in [4.78, 5) is 13.8. The summed E-state index contributed by atoms with van der Waals surface area (Å²) in [5.74, 6) is 0. The zero-order valence-electron chi connectivity index (χ0n) is 12.2. The Labute approximate surface area is 123 Å². The van der Waals surface area contributed by atoms with Gasteiger partial charge < -0.3 is 9.32 Å². The maximum atomic E-state index is 11.8. The molecule has 0 amide bonds. The summed E-state index contributed by atoms with van der Waals surface area (Å²) in [5, 5.41) is 0.990. The molecule has 3 rings (SSSR count). The Morgan fingerprint density at radius 3 is 2.48 bits per heavy atom. The molecular weight excluding hydrogens is 262 g/mol. The molecule has 3 aromatic rings. The minimum atomic E-state index is -0.302. The molecule has 0 saturated carbocycles. The lowest BCUT2D eigenvalue weighted by Crippen LogP contribution is -2.09. The van der Waals surface area contributed by atoms with E-state index in [0.29, 0.717) is 5.58 Å². The second-order valence-electron chi connectivity index (χ2n) is 5.33. The molecule has 0 fully saturated rings. The van der Waals surface area contributed by atoms with E-state index in [0.717, 1.165) is 23.1 Å². The molecule has 0 bridgehead atoms. The van der Waals surface area contributed by atoms with E-state index in [2.05, 4.69) is 12.1 Å². The molecule has 0 aliphatic carbocycles. The van der Waals surface area contributed by atoms with Gasteiger partial charge in [-0.2, -0.15) is 0 Å². The van der Waals surface area contributed by atoms with Gasteiger partial charge in [0.2, 0.25) is 0 Å². The Morgan fingerprint density at radius 1 is 1.00 bits per heavy atom. The van der Waals surface area contributed by atoms with Crippen LogP contribution in [0.1, 0.15) is 11.1 Å². The molecule has 2 aromatic carbocycles. The van der Waals surface area contributed by atoms with E-state index < -0.39 is 0 Å². The molecule has 21 heavy (non-hydrogen) atoms. The number of benzene rings is 2. The summed E-state index contributed by atoms with van der Waals surface area (Å²) in [6.07, 6.45) is 0.726. The predicted molar refractivity (Wildman–Crippen MR) is 86.1 cm³/mol. The first-order chi connectivity index (χ1) is 10.1. The Bertz CT molecular complexity index is 819. The quantitative estimate of drug-likeness (QED) is 0.688. The standard InChI is InChI=1S/C18H17NO2/c1-19(2)15-8-9-16-14(10-13-6-4-3-5-7-13)11-18(20)21-17(16)12-15/h3-9,11-12H,10H2,1-2H3. The zero-order valence-corrected chi connectivity index (χ0v) is 12.2. The number of nitrogens with zero attached hydrogens (tertiary/aromatic N) is 1. The fourth-order valence-electron chi connectivity index (χ4n) is 2.46. The zero-order chi connectivity index (χ0) is 14.8. The van der Waals surface area contributed by atoms with Gasteiger partial charge in [-0.15, -0.1) is 0 Å². The summed E-state index contributed by atoms with van der Waals surface area (Å²) >= 11 is 0. The van der Waals surface area contributed by atoms with Crippen LogP contribution in [0, 0.1) is 0 Å². The van der Waals surface area contributed by atoms with Gasteiger partial charge in [0, 0.05) is 37.3 Å². The largest absolute Gasteiger partial charge is 0.423 e. The van der Waals surface area contributed by atoms with E-state index in [4.69, 9.17) is 4.42 Å². The Morgan fingerprint density at radius 2 is 1.76 bits per heavy atom. The lowest BCUT2D eigenvalue weighted by Gasteiger charge is -2.13. The van der Waals surface area contributed by atoms with Gasteiger partial charge in [0.05, 0.1) is 0 Å². The first kappa shape index (κ1) is 13.4. The fraction of sp³-hybridized carbons (Fsp3) is 0.167. The molecule has 1 aromatic heterocycles. The van der Waals surface area contributed by atoms with Crippen LogP contribution >= 0.6 is 0 Å². The van der Waals surface area contributed by atoms with Crippen molar-refractivity contribution in [1.82, 2.24) is 0 Å². The van der Waals surface area contributed by atoms with E-state index in [9.17, 15) is 4.79 Å². The van der Waals surface area contributed by atoms with Crippen LogP contribution in [-0.4, -0.2) is 14.1 Å². The number of fused-ring (bicyclic) bond motifs is 1. The molecule has 0 aliphatic heterocycles. The van der Waals surface area contributed by atoms with Gasteiger partial charge >= 0.3 is 5.63 Å². The van der Waals surface area contributed by atoms with Crippen LogP contribution in [0.5, 0.6) is 0 Å². The highest BCUT2D eigenvalue weighted by atomic mass is 16.4. The average Bonchev–Trinajstić information content (AvgIpc) is 2.47. The lowest BCUT2D eigenvalue weighted by atomic mass is 10.0. The maximum absolute atomic E-state index is 11.8. The number of hydrogen-bond donors (Lipinski definition) is 0. The van der Waals surface area contributed by atoms with Crippen LogP contribution in [0.3, 0.4) is 0 Å². The molecule has 0 atom stereocenters. The molecule has 0 radical (unpaired) electrons. The van der Waals surface area contributed by atoms with E-state index in [1.165, 1.54) is 5.56 Å². The summed E-state index contributed by atoms with van der Waals surface area (Å²) in [5.41, 5.74) is 3.53. The fourth-order valence-corrected chi connectivity index (χ4v) is 2.46. The van der Waals surface area contributed by atoms with Crippen molar-refractivity contribution in [3.05, 3.63) is 76.1 Å². The van der Waals surface area contributed by atoms with E-state index in [1.807, 2.05) is 55.4 Å². The first-order valence-electron chi connectivity index (χ1n) is 6.91. The Balaban J connectivity index is 2.12. The van der Waals surface area contributed by atoms with Gasteiger partial charge in [0.25, 0.3) is 0 Å². The SMILES string of the molecule is CN(C)c1ccc2c(Cc3ccccc3)cc(=O)oc2c1. The van der Waals surface area contributed by atoms with Crippen LogP contribution in [0.2, 0.25) is 0 Å². The lowest BCUT2D eigenvalue weighted by molar-refractivity contribution is 0.559. The van der Waals surface area contributed by atoms with Crippen LogP contribution < -0.4 is 10.5 Å². The van der Waals surface area contributed by atoms with Crippen molar-refractivity contribution in [2.45, 2.75) is 6.42 Å². The summed E-state index contributed by atoms with van der Waals surface area (Å²) in [6.45, 7) is 0. The predicted octanol–water partition coefficient (Wildman–Crippen LogP) is 3.45. The van der Waals surface area contributed by atoms with Gasteiger partial charge in [0.1, 0.15) is 5.58 Å². The molecule has 3 heteroatoms. The average molecular weight is 279 g/mol. The van der Waals surface area contributed by atoms with Gasteiger partial charge in [-0.05, 0) is 29.7 Å². The molecule has 0 N–H and O–H groups in total. The second-order valence-corrected chi connectivity index (χ2v) is 5.33. The van der Waals surface area contributed by atoms with Gasteiger partial charge in [-0.1, -0.05) is 30.3 Å². The van der Waals surface area contributed by atoms with Crippen molar-refractivity contribution >= 4 is 16.7 Å². The Hall–Kier alpha value is -2.55. The summed E-state index contributed by atoms with van der Waals surface area (Å²) in [6, 6.07) is 17.7. The van der Waals surface area contributed by atoms with Crippen molar-refractivity contribution in [3.63, 3.8) is 0 Å². The molecule has 3 nitrogen and oxygen atoms in total. The molecule has 0 saturated heterocycles. The second kappa shape index (κ2) is 5.44. The van der Waals surface area contributed by atoms with Crippen LogP contribution in [0.25, 0.3) is 11.0 Å². The Kier molecular flexibility index (Phi) is 3.48. The van der Waals surface area contributed by atoms with E-state index in [-0.39, 0.29) is 5.63 Å². The monoisotopic (exact) mass is 279 g/mol. The minimum Gasteiger partial charge on any atom is -0.423 e. The van der Waals surface area contributed by atoms with Gasteiger partial charge in [0.15, 0.2) is 0 Å². The number of anilines is 1. The number of hydrogen-bond acceptors (Lipinski definition) is 3. The third-order valence-electron chi connectivity index (χ3n) is 3.57. The third kappa shape index (κ3) is 2.82. The third-order valence-corrected chi connectivity index (χ3v) is 3.57. The molecule has 1 heterocycles. The molecular formula is C18H17NO2. The highest BCUT2D eigenvalue weighted by Crippen LogP contribution is 2.24. The van der Waals surface area contributed by atoms with Crippen molar-refractivity contribution in [3.8, 4) is 0 Å². The van der Waals surface area contributed by atoms with Crippen LogP contribution in [-0.2, 0) is 6.42 Å². The molecule has 0 unspecified atom stereocenters. The molecule has 0 aliphatic rings. The molecule has 0 spiro atoms. The highest BCUT2D eigenvalue weighted by Gasteiger charge is 2.08. The van der Waals surface area contributed by atoms with Crippen molar-refractivity contribution in [2.24, 2.45) is 0 Å². The van der Waals surface area contributed by atoms with Gasteiger partial charge in [-0.25, -0.2) is 4.79 Å². The topological polar surface area (TPSA) is 33.5 Å². The molecule has 106 valence electrons.